The number of hydrogen-bond donors (Lipinski definition) is 1. The number of fused-ring (bicyclic) bond motifs is 2. The lowest BCUT2D eigenvalue weighted by Gasteiger charge is -2.28. The summed E-state index contributed by atoms with van der Waals surface area (Å²) in [7, 11) is 0. The topological polar surface area (TPSA) is 37.3 Å². The summed E-state index contributed by atoms with van der Waals surface area (Å²) in [5.41, 5.74) is 0.175. The van der Waals surface area contributed by atoms with Gasteiger partial charge in [-0.25, -0.2) is 4.39 Å². The second-order valence-electron chi connectivity index (χ2n) is 5.79. The molecule has 2 saturated carbocycles. The Bertz CT molecular complexity index is 497. The molecule has 0 radical (unpaired) electrons. The third kappa shape index (κ3) is 2.14. The minimum atomic E-state index is -0.954. The molecule has 0 spiro atoms. The highest BCUT2D eigenvalue weighted by Crippen LogP contribution is 2.54. The molecule has 4 heteroatoms. The smallest absolute Gasteiger partial charge is 0.311 e. The molecule has 2 fully saturated rings. The van der Waals surface area contributed by atoms with E-state index < -0.39 is 17.7 Å². The Morgan fingerprint density at radius 1 is 1.37 bits per heavy atom. The lowest BCUT2D eigenvalue weighted by atomic mass is 9.76. The molecule has 3 rings (SSSR count). The van der Waals surface area contributed by atoms with Crippen molar-refractivity contribution in [3.05, 3.63) is 34.6 Å². The maximum atomic E-state index is 14.0. The van der Waals surface area contributed by atoms with E-state index in [-0.39, 0.29) is 16.5 Å². The number of carboxylic acid groups (broad SMARTS) is 1. The first kappa shape index (κ1) is 12.9. The van der Waals surface area contributed by atoms with Gasteiger partial charge in [0.1, 0.15) is 5.82 Å². The van der Waals surface area contributed by atoms with Crippen LogP contribution in [0, 0.1) is 23.6 Å². The van der Waals surface area contributed by atoms with Crippen molar-refractivity contribution in [2.45, 2.75) is 31.6 Å². The predicted octanol–water partition coefficient (Wildman–Crippen LogP) is 4.08. The zero-order chi connectivity index (χ0) is 13.6. The van der Waals surface area contributed by atoms with E-state index in [1.54, 1.807) is 6.07 Å². The van der Waals surface area contributed by atoms with Crippen LogP contribution in [0.5, 0.6) is 0 Å². The number of hydrogen-bond acceptors (Lipinski definition) is 1. The molecule has 0 amide bonds. The molecule has 2 bridgehead atoms. The molecule has 0 aromatic heterocycles. The summed E-state index contributed by atoms with van der Waals surface area (Å²) >= 11 is 6.05. The first-order valence-corrected chi connectivity index (χ1v) is 7.12. The van der Waals surface area contributed by atoms with Gasteiger partial charge < -0.3 is 5.11 Å². The van der Waals surface area contributed by atoms with Gasteiger partial charge in [0, 0.05) is 10.6 Å². The van der Waals surface area contributed by atoms with E-state index >= 15 is 0 Å². The van der Waals surface area contributed by atoms with E-state index in [2.05, 4.69) is 0 Å². The molecule has 0 aliphatic heterocycles. The van der Waals surface area contributed by atoms with Gasteiger partial charge in [0.05, 0.1) is 5.92 Å². The minimum absolute atomic E-state index is 0.0330. The van der Waals surface area contributed by atoms with Crippen LogP contribution >= 0.6 is 11.6 Å². The Morgan fingerprint density at radius 2 is 2.16 bits per heavy atom. The SMILES string of the molecule is O=C(O)C(c1c(F)cccc1Cl)C1CC2CCC1C2. The maximum absolute atomic E-state index is 14.0. The molecule has 4 unspecified atom stereocenters. The molecule has 0 heterocycles. The average Bonchev–Trinajstić information content (AvgIpc) is 2.95. The minimum Gasteiger partial charge on any atom is -0.481 e. The number of carbonyl (C=O) groups is 1. The van der Waals surface area contributed by atoms with Gasteiger partial charge in [-0.2, -0.15) is 0 Å². The number of halogens is 2. The van der Waals surface area contributed by atoms with Crippen LogP contribution in [0.1, 0.15) is 37.2 Å². The third-order valence-corrected chi connectivity index (χ3v) is 5.13. The van der Waals surface area contributed by atoms with Gasteiger partial charge in [0.2, 0.25) is 0 Å². The normalized spacial score (nSPS) is 30.5. The van der Waals surface area contributed by atoms with Gasteiger partial charge in [-0.05, 0) is 49.1 Å². The summed E-state index contributed by atoms with van der Waals surface area (Å²) < 4.78 is 14.0. The van der Waals surface area contributed by atoms with Crippen LogP contribution in [-0.4, -0.2) is 11.1 Å². The summed E-state index contributed by atoms with van der Waals surface area (Å²) in [6.45, 7) is 0. The summed E-state index contributed by atoms with van der Waals surface area (Å²) in [6, 6.07) is 4.38. The molecule has 2 nitrogen and oxygen atoms in total. The zero-order valence-corrected chi connectivity index (χ0v) is 11.2. The fourth-order valence-corrected chi connectivity index (χ4v) is 4.31. The van der Waals surface area contributed by atoms with E-state index in [1.165, 1.54) is 18.6 Å². The Labute approximate surface area is 116 Å². The van der Waals surface area contributed by atoms with Crippen LogP contribution in [0.15, 0.2) is 18.2 Å². The molecular formula is C15H16ClFO2. The number of benzene rings is 1. The summed E-state index contributed by atoms with van der Waals surface area (Å²) in [5.74, 6) is -1.17. The van der Waals surface area contributed by atoms with Crippen molar-refractivity contribution >= 4 is 17.6 Å². The Kier molecular flexibility index (Phi) is 3.25. The van der Waals surface area contributed by atoms with Gasteiger partial charge in [-0.15, -0.1) is 0 Å². The van der Waals surface area contributed by atoms with Crippen molar-refractivity contribution in [2.24, 2.45) is 17.8 Å². The van der Waals surface area contributed by atoms with Crippen molar-refractivity contribution in [1.82, 2.24) is 0 Å². The first-order valence-electron chi connectivity index (χ1n) is 6.74. The Morgan fingerprint density at radius 3 is 2.68 bits per heavy atom. The van der Waals surface area contributed by atoms with Gasteiger partial charge in [-0.1, -0.05) is 24.1 Å². The highest BCUT2D eigenvalue weighted by Gasteiger charge is 2.47. The molecule has 0 saturated heterocycles. The number of carboxylic acids is 1. The summed E-state index contributed by atoms with van der Waals surface area (Å²) in [5, 5.41) is 9.77. The molecule has 1 aromatic carbocycles. The molecule has 2 aliphatic rings. The van der Waals surface area contributed by atoms with Crippen molar-refractivity contribution in [1.29, 1.82) is 0 Å². The zero-order valence-electron chi connectivity index (χ0n) is 10.5. The van der Waals surface area contributed by atoms with Crippen LogP contribution < -0.4 is 0 Å². The molecule has 1 N–H and O–H groups in total. The maximum Gasteiger partial charge on any atom is 0.311 e. The van der Waals surface area contributed by atoms with Crippen LogP contribution in [0.2, 0.25) is 5.02 Å². The highest BCUT2D eigenvalue weighted by atomic mass is 35.5. The lowest BCUT2D eigenvalue weighted by molar-refractivity contribution is -0.140. The van der Waals surface area contributed by atoms with Gasteiger partial charge >= 0.3 is 5.97 Å². The molecular weight excluding hydrogens is 267 g/mol. The van der Waals surface area contributed by atoms with Crippen LogP contribution in [0.25, 0.3) is 0 Å². The van der Waals surface area contributed by atoms with Gasteiger partial charge in [-0.3, -0.25) is 4.79 Å². The van der Waals surface area contributed by atoms with Crippen molar-refractivity contribution in [3.63, 3.8) is 0 Å². The molecule has 4 atom stereocenters. The largest absolute Gasteiger partial charge is 0.481 e. The molecule has 1 aromatic rings. The molecule has 2 aliphatic carbocycles. The first-order chi connectivity index (χ1) is 9.08. The highest BCUT2D eigenvalue weighted by molar-refractivity contribution is 6.31. The van der Waals surface area contributed by atoms with Crippen LogP contribution in [-0.2, 0) is 4.79 Å². The van der Waals surface area contributed by atoms with Crippen molar-refractivity contribution in [3.8, 4) is 0 Å². The van der Waals surface area contributed by atoms with E-state index in [0.29, 0.717) is 11.8 Å². The monoisotopic (exact) mass is 282 g/mol. The average molecular weight is 283 g/mol. The fraction of sp³-hybridized carbons (Fsp3) is 0.533. The third-order valence-electron chi connectivity index (χ3n) is 4.80. The quantitative estimate of drug-likeness (QED) is 0.907. The Hall–Kier alpha value is -1.09. The molecule has 102 valence electrons. The summed E-state index contributed by atoms with van der Waals surface area (Å²) in [6.07, 6.45) is 4.26. The van der Waals surface area contributed by atoms with E-state index in [4.69, 9.17) is 11.6 Å². The summed E-state index contributed by atoms with van der Waals surface area (Å²) in [4.78, 5) is 11.6. The van der Waals surface area contributed by atoms with Crippen LogP contribution in [0.3, 0.4) is 0 Å². The van der Waals surface area contributed by atoms with Crippen molar-refractivity contribution < 1.29 is 14.3 Å². The second-order valence-corrected chi connectivity index (χ2v) is 6.20. The van der Waals surface area contributed by atoms with Crippen molar-refractivity contribution in [2.75, 3.05) is 0 Å². The Balaban J connectivity index is 2.00. The lowest BCUT2D eigenvalue weighted by Crippen LogP contribution is -2.27. The van der Waals surface area contributed by atoms with E-state index in [0.717, 1.165) is 19.3 Å². The van der Waals surface area contributed by atoms with Gasteiger partial charge in [0.25, 0.3) is 0 Å². The standard InChI is InChI=1S/C15H16ClFO2/c16-11-2-1-3-12(17)14(11)13(15(18)19)10-7-8-4-5-9(10)6-8/h1-3,8-10,13H,4-7H2,(H,18,19). The van der Waals surface area contributed by atoms with E-state index in [1.807, 2.05) is 0 Å². The number of aliphatic carboxylic acids is 1. The number of rotatable bonds is 3. The predicted molar refractivity (Wildman–Crippen MR) is 70.7 cm³/mol. The van der Waals surface area contributed by atoms with Gasteiger partial charge in [0.15, 0.2) is 0 Å². The fourth-order valence-electron chi connectivity index (χ4n) is 4.03. The van der Waals surface area contributed by atoms with Crippen LogP contribution in [0.4, 0.5) is 4.39 Å². The second kappa shape index (κ2) is 4.78. The van der Waals surface area contributed by atoms with E-state index in [9.17, 15) is 14.3 Å². The molecule has 19 heavy (non-hydrogen) atoms.